The van der Waals surface area contributed by atoms with Gasteiger partial charge in [0.05, 0.1) is 57.5 Å². The largest absolute Gasteiger partial charge is 0.394 e. The minimum atomic E-state index is -2.22. The number of rotatable bonds is 16. The third-order valence-corrected chi connectivity index (χ3v) is 24.5. The van der Waals surface area contributed by atoms with Crippen molar-refractivity contribution in [3.8, 4) is 0 Å². The van der Waals surface area contributed by atoms with Crippen molar-refractivity contribution in [3.05, 3.63) is 0 Å². The highest BCUT2D eigenvalue weighted by Crippen LogP contribution is 2.71. The number of ether oxygens (including phenoxy) is 14. The normalized spacial score (nSPS) is 57.8. The average molecular weight is 1360 g/mol. The van der Waals surface area contributed by atoms with Crippen LogP contribution >= 0.6 is 0 Å². The second-order valence-electron chi connectivity index (χ2n) is 29.9. The van der Waals surface area contributed by atoms with Crippen LogP contribution in [0.3, 0.4) is 0 Å². The summed E-state index contributed by atoms with van der Waals surface area (Å²) in [6.45, 7) is 9.08. The molecule has 12 rings (SSSR count). The Morgan fingerprint density at radius 2 is 0.851 bits per heavy atom. The summed E-state index contributed by atoms with van der Waals surface area (Å²) in [5, 5.41) is 189. The van der Waals surface area contributed by atoms with Crippen molar-refractivity contribution in [3.63, 3.8) is 0 Å². The van der Waals surface area contributed by atoms with Crippen LogP contribution in [0, 0.1) is 52.3 Å². The molecule has 0 radical (unpaired) electrons. The van der Waals surface area contributed by atoms with E-state index in [0.29, 0.717) is 48.3 Å². The Morgan fingerprint density at radius 3 is 1.41 bits per heavy atom. The van der Waals surface area contributed by atoms with Crippen molar-refractivity contribution in [2.45, 2.75) is 308 Å². The fourth-order valence-electron chi connectivity index (χ4n) is 19.0. The van der Waals surface area contributed by atoms with Crippen molar-refractivity contribution in [2.24, 2.45) is 52.3 Å². The maximum absolute atomic E-state index is 12.2. The van der Waals surface area contributed by atoms with Gasteiger partial charge in [-0.1, -0.05) is 27.7 Å². The molecule has 12 aliphatic rings. The zero-order valence-corrected chi connectivity index (χ0v) is 53.9. The van der Waals surface area contributed by atoms with Crippen molar-refractivity contribution in [1.82, 2.24) is 0 Å². The van der Waals surface area contributed by atoms with Crippen molar-refractivity contribution in [2.75, 3.05) is 33.0 Å². The number of aliphatic hydroxyl groups is 17. The smallest absolute Gasteiger partial charge is 0.187 e. The Balaban J connectivity index is 0.760. The third-order valence-electron chi connectivity index (χ3n) is 24.5. The Morgan fingerprint density at radius 1 is 0.383 bits per heavy atom. The van der Waals surface area contributed by atoms with Gasteiger partial charge in [0.25, 0.3) is 0 Å². The highest BCUT2D eigenvalue weighted by atomic mass is 16.8. The molecule has 4 saturated carbocycles. The Hall–Kier alpha value is -1.24. The molecule has 12 fully saturated rings. The summed E-state index contributed by atoms with van der Waals surface area (Å²) in [5.74, 6) is 2.65. The highest BCUT2D eigenvalue weighted by Gasteiger charge is 2.70. The van der Waals surface area contributed by atoms with Crippen LogP contribution < -0.4 is 0 Å². The molecule has 0 amide bonds. The fraction of sp³-hybridized carbons (Fsp3) is 1.00. The van der Waals surface area contributed by atoms with Gasteiger partial charge in [0.15, 0.2) is 43.5 Å². The summed E-state index contributed by atoms with van der Waals surface area (Å²) >= 11 is 0. The first-order valence-corrected chi connectivity index (χ1v) is 34.1. The van der Waals surface area contributed by atoms with E-state index in [2.05, 4.69) is 27.7 Å². The molecule has 0 aromatic rings. The molecule has 94 heavy (non-hydrogen) atoms. The van der Waals surface area contributed by atoms with E-state index >= 15 is 0 Å². The third kappa shape index (κ3) is 12.8. The first-order valence-electron chi connectivity index (χ1n) is 34.1. The monoisotopic (exact) mass is 1360 g/mol. The fourth-order valence-corrected chi connectivity index (χ4v) is 19.0. The molecule has 31 nitrogen and oxygen atoms in total. The molecule has 4 aliphatic carbocycles. The van der Waals surface area contributed by atoms with Crippen LogP contribution in [0.15, 0.2) is 0 Å². The average Bonchev–Trinajstić information content (AvgIpc) is 1.50. The summed E-state index contributed by atoms with van der Waals surface area (Å²) in [4.78, 5) is 0. The molecule has 42 atom stereocenters. The van der Waals surface area contributed by atoms with E-state index in [1.54, 1.807) is 0 Å². The summed E-state index contributed by atoms with van der Waals surface area (Å²) in [6, 6.07) is 0. The van der Waals surface area contributed by atoms with Crippen molar-refractivity contribution < 1.29 is 153 Å². The van der Waals surface area contributed by atoms with Gasteiger partial charge in [0.1, 0.15) is 134 Å². The molecule has 8 aliphatic heterocycles. The number of aliphatic hydroxyl groups excluding tert-OH is 17. The lowest BCUT2D eigenvalue weighted by atomic mass is 9.44. The second kappa shape index (κ2) is 28.5. The zero-order valence-electron chi connectivity index (χ0n) is 53.9. The second-order valence-corrected chi connectivity index (χ2v) is 29.9. The quantitative estimate of drug-likeness (QED) is 0.0642. The van der Waals surface area contributed by atoms with E-state index in [0.717, 1.165) is 58.0 Å². The highest BCUT2D eigenvalue weighted by molar-refractivity contribution is 5.16. The van der Waals surface area contributed by atoms with E-state index in [9.17, 15) is 86.8 Å². The van der Waals surface area contributed by atoms with Gasteiger partial charge in [0.2, 0.25) is 0 Å². The maximum atomic E-state index is 12.2. The van der Waals surface area contributed by atoms with Crippen LogP contribution in [0.2, 0.25) is 0 Å². The van der Waals surface area contributed by atoms with Crippen LogP contribution in [-0.2, 0) is 66.3 Å². The predicted octanol–water partition coefficient (Wildman–Crippen LogP) is -5.21. The summed E-state index contributed by atoms with van der Waals surface area (Å²) in [7, 11) is 0. The van der Waals surface area contributed by atoms with Crippen molar-refractivity contribution in [1.29, 1.82) is 0 Å². The lowest BCUT2D eigenvalue weighted by Crippen LogP contribution is -2.69. The van der Waals surface area contributed by atoms with E-state index < -0.39 is 223 Å². The lowest BCUT2D eigenvalue weighted by Gasteiger charge is -2.61. The molecule has 542 valence electrons. The van der Waals surface area contributed by atoms with Gasteiger partial charge in [0, 0.05) is 12.3 Å². The topological polar surface area (TPSA) is 473 Å². The molecule has 0 aromatic heterocycles. The molecule has 8 heterocycles. The van der Waals surface area contributed by atoms with E-state index in [-0.39, 0.29) is 22.9 Å². The van der Waals surface area contributed by atoms with E-state index in [1.165, 1.54) is 13.8 Å². The summed E-state index contributed by atoms with van der Waals surface area (Å²) < 4.78 is 86.0. The van der Waals surface area contributed by atoms with E-state index in [1.807, 2.05) is 0 Å². The first-order chi connectivity index (χ1) is 44.6. The van der Waals surface area contributed by atoms with Crippen LogP contribution in [0.4, 0.5) is 0 Å². The van der Waals surface area contributed by atoms with Gasteiger partial charge in [-0.2, -0.15) is 0 Å². The van der Waals surface area contributed by atoms with Gasteiger partial charge in [-0.3, -0.25) is 0 Å². The van der Waals surface area contributed by atoms with Crippen LogP contribution in [-0.4, -0.2) is 322 Å². The maximum Gasteiger partial charge on any atom is 0.187 e. The van der Waals surface area contributed by atoms with Crippen molar-refractivity contribution >= 4 is 0 Å². The summed E-state index contributed by atoms with van der Waals surface area (Å²) in [6.07, 6.45) is -46.0. The Bertz CT molecular complexity index is 2490. The van der Waals surface area contributed by atoms with Crippen LogP contribution in [0.5, 0.6) is 0 Å². The van der Waals surface area contributed by atoms with Gasteiger partial charge in [-0.15, -0.1) is 0 Å². The zero-order chi connectivity index (χ0) is 67.5. The lowest BCUT2D eigenvalue weighted by molar-refractivity contribution is -0.414. The molecular weight excluding hydrogens is 1250 g/mol. The molecule has 0 unspecified atom stereocenters. The van der Waals surface area contributed by atoms with Gasteiger partial charge >= 0.3 is 0 Å². The molecule has 17 N–H and O–H groups in total. The molecule has 0 bridgehead atoms. The standard InChI is InChI=1S/C63H104O31/c1-22-9-14-63(81-21-22)23(2)36-31(94-63)16-30-28-8-7-26-15-27(10-12-61(26,5)29(28)11-13-62(30,36)6)84-57-47(78)43(74)51(35(20-67)87-57)90-60-54(93-59-49(80)52(39(70)32(17-64)85-59)91-56-46(77)42(73)38(69)25(4)83-56)53(40(71)33(18-65)86-60)92-58-48(79)44(75)50(34(19-66)88-58)89-55-45(76)41(72)37(68)24(3)82-55/h22-60,64-80H,7-21H2,1-6H3/t22-,23+,24+,25+,26+,27+,28-,29+,30+,31+,32-,33-,34-,35-,36+,37+,38+,39-,40-,41-,42-,43-,44-,45-,46-,47-,48-,49-,50-,51+,52+,53+,54-,55+,56+,57-,58+,59+,60+,61+,62+,63-/m1/s1. The Kier molecular flexibility index (Phi) is 22.0. The molecule has 1 spiro atoms. The molecule has 0 aromatic carbocycles. The van der Waals surface area contributed by atoms with Crippen LogP contribution in [0.1, 0.15) is 106 Å². The molecular formula is C63H104O31. The molecule has 8 saturated heterocycles. The van der Waals surface area contributed by atoms with Crippen LogP contribution in [0.25, 0.3) is 0 Å². The predicted molar refractivity (Wildman–Crippen MR) is 311 cm³/mol. The minimum absolute atomic E-state index is 0.0178. The minimum Gasteiger partial charge on any atom is -0.394 e. The summed E-state index contributed by atoms with van der Waals surface area (Å²) in [5.41, 5.74) is 0.166. The SMILES string of the molecule is C[C@@H]1CC[C@@]2(OC1)O[C@H]1C[C@H]3[C@@H]4CC[C@H]5C[C@@H](O[C@@H]6O[C@H](CO)[C@H](O[C@@H]7O[C@H](CO)[C@@H](O)[C@H](O[C@@H]8O[C@H](CO)[C@@H](O[C@@H]9O[C@@H](C)[C@H](O)[C@@H](O)[C@H]9O)[C@H](O)[C@H]8O)[C@H]7O[C@@H]7O[C@H](CO)[C@@H](O)[C@H](O[C@@H]8O[C@@H](C)[C@H](O)[C@@H](O)[C@H]8O)[C@H]7O)[C@H](O)[C@H]6O)CC[C@]5(C)[C@H]4CC[C@]3(C)[C@H]1[C@@H]2C. The number of fused-ring (bicyclic) bond motifs is 7. The van der Waals surface area contributed by atoms with Gasteiger partial charge < -0.3 is 153 Å². The number of hydrogen-bond acceptors (Lipinski definition) is 31. The van der Waals surface area contributed by atoms with Gasteiger partial charge in [-0.25, -0.2) is 0 Å². The Labute approximate surface area is 544 Å². The van der Waals surface area contributed by atoms with E-state index in [4.69, 9.17) is 66.3 Å². The van der Waals surface area contributed by atoms with Gasteiger partial charge in [-0.05, 0) is 118 Å². The molecule has 31 heteroatoms. The first kappa shape index (κ1) is 72.5. The number of hydrogen-bond donors (Lipinski definition) is 17.